The topological polar surface area (TPSA) is 66.5 Å². The highest BCUT2D eigenvalue weighted by molar-refractivity contribution is 6.22. The first-order valence-corrected chi connectivity index (χ1v) is 9.24. The van der Waals surface area contributed by atoms with E-state index in [0.717, 1.165) is 44.2 Å². The molecule has 4 rings (SSSR count). The maximum absolute atomic E-state index is 13.8. The molecule has 0 spiro atoms. The first-order valence-electron chi connectivity index (χ1n) is 9.24. The van der Waals surface area contributed by atoms with Crippen LogP contribution in [0.15, 0.2) is 36.4 Å². The Bertz CT molecular complexity index is 984. The number of benzene rings is 2. The van der Waals surface area contributed by atoms with Gasteiger partial charge >= 0.3 is 0 Å². The summed E-state index contributed by atoms with van der Waals surface area (Å²) in [4.78, 5) is 39.2. The lowest BCUT2D eigenvalue weighted by Gasteiger charge is -2.29. The molecule has 2 aliphatic rings. The van der Waals surface area contributed by atoms with Gasteiger partial charge in [-0.25, -0.2) is 8.78 Å². The van der Waals surface area contributed by atoms with Gasteiger partial charge in [0.25, 0.3) is 17.7 Å². The molecule has 1 N–H and O–H groups in total. The number of fused-ring (bicyclic) bond motifs is 1. The van der Waals surface area contributed by atoms with Gasteiger partial charge in [0.2, 0.25) is 0 Å². The van der Waals surface area contributed by atoms with E-state index in [1.54, 1.807) is 0 Å². The average molecular weight is 384 g/mol. The Morgan fingerprint density at radius 2 is 1.64 bits per heavy atom. The molecule has 1 fully saturated rings. The molecule has 7 heteroatoms. The summed E-state index contributed by atoms with van der Waals surface area (Å²) >= 11 is 0. The van der Waals surface area contributed by atoms with Crippen LogP contribution in [0.5, 0.6) is 0 Å². The van der Waals surface area contributed by atoms with Gasteiger partial charge in [0.15, 0.2) is 0 Å². The van der Waals surface area contributed by atoms with Crippen molar-refractivity contribution in [1.82, 2.24) is 4.90 Å². The van der Waals surface area contributed by atoms with Crippen LogP contribution >= 0.6 is 0 Å². The quantitative estimate of drug-likeness (QED) is 0.809. The van der Waals surface area contributed by atoms with Crippen molar-refractivity contribution in [3.8, 4) is 0 Å². The van der Waals surface area contributed by atoms with Crippen LogP contribution in [0.2, 0.25) is 0 Å². The Kier molecular flexibility index (Phi) is 4.66. The molecule has 0 unspecified atom stereocenters. The average Bonchev–Trinajstić information content (AvgIpc) is 2.94. The van der Waals surface area contributed by atoms with Crippen LogP contribution in [0.1, 0.15) is 63.2 Å². The van der Waals surface area contributed by atoms with E-state index in [-0.39, 0.29) is 34.3 Å². The number of carbonyl (C=O) groups is 3. The van der Waals surface area contributed by atoms with E-state index in [4.69, 9.17) is 0 Å². The molecule has 0 radical (unpaired) electrons. The number of halogens is 2. The van der Waals surface area contributed by atoms with E-state index in [9.17, 15) is 23.2 Å². The summed E-state index contributed by atoms with van der Waals surface area (Å²) in [6, 6.07) is 6.95. The minimum atomic E-state index is -0.899. The lowest BCUT2D eigenvalue weighted by atomic mass is 9.94. The molecule has 28 heavy (non-hydrogen) atoms. The van der Waals surface area contributed by atoms with Gasteiger partial charge in [0.1, 0.15) is 11.6 Å². The summed E-state index contributed by atoms with van der Waals surface area (Å²) in [5.74, 6) is -3.02. The standard InChI is InChI=1S/C21H18F2N2O3/c22-13-7-9-18(17(23)11-13)24-19(26)12-6-8-15-16(10-12)21(28)25(20(15)27)14-4-2-1-3-5-14/h6-11,14H,1-5H2,(H,24,26). The highest BCUT2D eigenvalue weighted by Gasteiger charge is 2.40. The van der Waals surface area contributed by atoms with E-state index in [1.165, 1.54) is 23.1 Å². The molecule has 1 aliphatic carbocycles. The number of rotatable bonds is 3. The smallest absolute Gasteiger partial charge is 0.261 e. The van der Waals surface area contributed by atoms with Crippen molar-refractivity contribution in [3.05, 3.63) is 64.7 Å². The van der Waals surface area contributed by atoms with Crippen LogP contribution in [0.3, 0.4) is 0 Å². The van der Waals surface area contributed by atoms with Gasteiger partial charge in [0.05, 0.1) is 16.8 Å². The van der Waals surface area contributed by atoms with Gasteiger partial charge in [0, 0.05) is 17.7 Å². The van der Waals surface area contributed by atoms with E-state index >= 15 is 0 Å². The molecule has 0 atom stereocenters. The fourth-order valence-corrected chi connectivity index (χ4v) is 3.86. The summed E-state index contributed by atoms with van der Waals surface area (Å²) in [6.45, 7) is 0. The first kappa shape index (κ1) is 18.3. The minimum Gasteiger partial charge on any atom is -0.319 e. The number of imide groups is 1. The van der Waals surface area contributed by atoms with Gasteiger partial charge in [-0.3, -0.25) is 19.3 Å². The highest BCUT2D eigenvalue weighted by Crippen LogP contribution is 2.31. The molecule has 0 saturated heterocycles. The van der Waals surface area contributed by atoms with Gasteiger partial charge in [-0.15, -0.1) is 0 Å². The summed E-state index contributed by atoms with van der Waals surface area (Å²) in [6.07, 6.45) is 4.65. The number of carbonyl (C=O) groups excluding carboxylic acids is 3. The number of nitrogens with zero attached hydrogens (tertiary/aromatic N) is 1. The second-order valence-electron chi connectivity index (χ2n) is 7.11. The van der Waals surface area contributed by atoms with Crippen molar-refractivity contribution in [2.75, 3.05) is 5.32 Å². The summed E-state index contributed by atoms with van der Waals surface area (Å²) in [7, 11) is 0. The van der Waals surface area contributed by atoms with Gasteiger partial charge in [-0.05, 0) is 43.2 Å². The van der Waals surface area contributed by atoms with Crippen molar-refractivity contribution < 1.29 is 23.2 Å². The predicted molar refractivity (Wildman–Crippen MR) is 98.1 cm³/mol. The number of nitrogens with one attached hydrogen (secondary N) is 1. The number of amides is 3. The van der Waals surface area contributed by atoms with Crippen LogP contribution in [0.25, 0.3) is 0 Å². The molecule has 2 aromatic rings. The van der Waals surface area contributed by atoms with Crippen LogP contribution in [0, 0.1) is 11.6 Å². The highest BCUT2D eigenvalue weighted by atomic mass is 19.1. The van der Waals surface area contributed by atoms with Crippen LogP contribution in [0.4, 0.5) is 14.5 Å². The van der Waals surface area contributed by atoms with Crippen LogP contribution < -0.4 is 5.32 Å². The van der Waals surface area contributed by atoms with E-state index in [2.05, 4.69) is 5.32 Å². The maximum atomic E-state index is 13.8. The Hall–Kier alpha value is -3.09. The molecule has 1 aliphatic heterocycles. The fraction of sp³-hybridized carbons (Fsp3) is 0.286. The molecular formula is C21H18F2N2O3. The zero-order chi connectivity index (χ0) is 19.8. The van der Waals surface area contributed by atoms with Crippen molar-refractivity contribution in [2.45, 2.75) is 38.1 Å². The van der Waals surface area contributed by atoms with Gasteiger partial charge in [-0.2, -0.15) is 0 Å². The van der Waals surface area contributed by atoms with Crippen molar-refractivity contribution in [3.63, 3.8) is 0 Å². The Morgan fingerprint density at radius 1 is 0.929 bits per heavy atom. The molecular weight excluding hydrogens is 366 g/mol. The number of hydrogen-bond donors (Lipinski definition) is 1. The zero-order valence-corrected chi connectivity index (χ0v) is 15.0. The third kappa shape index (κ3) is 3.17. The molecule has 0 aromatic heterocycles. The molecule has 0 bridgehead atoms. The number of hydrogen-bond acceptors (Lipinski definition) is 3. The first-order chi connectivity index (χ1) is 13.5. The van der Waals surface area contributed by atoms with Crippen LogP contribution in [-0.2, 0) is 0 Å². The third-order valence-electron chi connectivity index (χ3n) is 5.30. The van der Waals surface area contributed by atoms with Crippen molar-refractivity contribution >= 4 is 23.4 Å². The Morgan fingerprint density at radius 3 is 2.36 bits per heavy atom. The fourth-order valence-electron chi connectivity index (χ4n) is 3.86. The molecule has 2 aromatic carbocycles. The van der Waals surface area contributed by atoms with E-state index < -0.39 is 23.4 Å². The largest absolute Gasteiger partial charge is 0.319 e. The lowest BCUT2D eigenvalue weighted by molar-refractivity contribution is 0.0549. The monoisotopic (exact) mass is 384 g/mol. The maximum Gasteiger partial charge on any atom is 0.261 e. The van der Waals surface area contributed by atoms with E-state index in [0.29, 0.717) is 6.07 Å². The normalized spacial score (nSPS) is 17.0. The second kappa shape index (κ2) is 7.14. The molecule has 5 nitrogen and oxygen atoms in total. The summed E-state index contributed by atoms with van der Waals surface area (Å²) in [5.41, 5.74) is 0.412. The zero-order valence-electron chi connectivity index (χ0n) is 15.0. The Balaban J connectivity index is 1.58. The lowest BCUT2D eigenvalue weighted by Crippen LogP contribution is -2.40. The van der Waals surface area contributed by atoms with Gasteiger partial charge < -0.3 is 5.32 Å². The number of anilines is 1. The molecule has 1 heterocycles. The SMILES string of the molecule is O=C(Nc1ccc(F)cc1F)c1ccc2c(c1)C(=O)N(C1CCCCC1)C2=O. The minimum absolute atomic E-state index is 0.105. The van der Waals surface area contributed by atoms with Gasteiger partial charge in [-0.1, -0.05) is 19.3 Å². The molecule has 3 amide bonds. The Labute approximate surface area is 160 Å². The molecule has 144 valence electrons. The second-order valence-corrected chi connectivity index (χ2v) is 7.11. The van der Waals surface area contributed by atoms with E-state index in [1.807, 2.05) is 0 Å². The predicted octanol–water partition coefficient (Wildman–Crippen LogP) is 4.15. The molecule has 1 saturated carbocycles. The summed E-state index contributed by atoms with van der Waals surface area (Å²) in [5, 5.41) is 2.36. The van der Waals surface area contributed by atoms with Crippen LogP contribution in [-0.4, -0.2) is 28.7 Å². The van der Waals surface area contributed by atoms with Crippen molar-refractivity contribution in [2.24, 2.45) is 0 Å². The van der Waals surface area contributed by atoms with Crippen molar-refractivity contribution in [1.29, 1.82) is 0 Å². The third-order valence-corrected chi connectivity index (χ3v) is 5.30. The summed E-state index contributed by atoms with van der Waals surface area (Å²) < 4.78 is 26.8.